The Balaban J connectivity index is 1.43. The van der Waals surface area contributed by atoms with E-state index in [9.17, 15) is 4.79 Å². The van der Waals surface area contributed by atoms with Gasteiger partial charge in [-0.25, -0.2) is 19.7 Å². The molecule has 1 aliphatic rings. The maximum Gasteiger partial charge on any atom is 0.410 e. The van der Waals surface area contributed by atoms with Crippen LogP contribution >= 0.6 is 0 Å². The fraction of sp³-hybridized carbons (Fsp3) is 0.483. The van der Waals surface area contributed by atoms with E-state index in [-0.39, 0.29) is 25.0 Å². The number of hydrogen-bond acceptors (Lipinski definition) is 9. The first-order valence-corrected chi connectivity index (χ1v) is 13.4. The summed E-state index contributed by atoms with van der Waals surface area (Å²) in [6.07, 6.45) is 3.42. The predicted octanol–water partition coefficient (Wildman–Crippen LogP) is 4.70. The number of amides is 1. The standard InChI is InChI=1S/C29H37N7O4/c1-17-13-35(14-18(2)36(17)28(37)40-29(4,5)6)24-10-9-22-23(31-24)12-30-27(32-22)21-11-20-15-34(7)33-25(20)19(3)26(21)39-16-38-8/h9-12,15,17-18H,13-14,16H2,1-8H3/t17-,18+. The van der Waals surface area contributed by atoms with Crippen LogP contribution < -0.4 is 9.64 Å². The number of carbonyl (C=O) groups is 1. The van der Waals surface area contributed by atoms with Gasteiger partial charge in [-0.2, -0.15) is 5.10 Å². The fourth-order valence-electron chi connectivity index (χ4n) is 5.31. The van der Waals surface area contributed by atoms with E-state index >= 15 is 0 Å². The van der Waals surface area contributed by atoms with Crippen LogP contribution in [0.25, 0.3) is 33.3 Å². The Hall–Kier alpha value is -3.99. The summed E-state index contributed by atoms with van der Waals surface area (Å²) in [5, 5.41) is 5.55. The molecule has 2 atom stereocenters. The van der Waals surface area contributed by atoms with E-state index in [1.807, 2.05) is 77.9 Å². The summed E-state index contributed by atoms with van der Waals surface area (Å²) >= 11 is 0. The Morgan fingerprint density at radius 2 is 1.82 bits per heavy atom. The number of carbonyl (C=O) groups excluding carboxylic acids is 1. The van der Waals surface area contributed by atoms with Crippen LogP contribution in [-0.2, 0) is 16.5 Å². The lowest BCUT2D eigenvalue weighted by molar-refractivity contribution is 0.00560. The van der Waals surface area contributed by atoms with Gasteiger partial charge in [0.2, 0.25) is 0 Å². The van der Waals surface area contributed by atoms with Gasteiger partial charge in [-0.05, 0) is 59.7 Å². The SMILES string of the molecule is COCOc1c(-c2ncc3nc(N4C[C@@H](C)N(C(=O)OC(C)(C)C)[C@@H](C)C4)ccc3n2)cc2cn(C)nc2c1C. The lowest BCUT2D eigenvalue weighted by Gasteiger charge is -2.44. The Bertz CT molecular complexity index is 1550. The van der Waals surface area contributed by atoms with Gasteiger partial charge in [0.25, 0.3) is 0 Å². The summed E-state index contributed by atoms with van der Waals surface area (Å²) in [4.78, 5) is 31.2. The van der Waals surface area contributed by atoms with Gasteiger partial charge in [-0.15, -0.1) is 0 Å². The first-order valence-electron chi connectivity index (χ1n) is 13.4. The molecule has 4 aromatic rings. The van der Waals surface area contributed by atoms with Crippen LogP contribution in [0, 0.1) is 6.92 Å². The van der Waals surface area contributed by atoms with Crippen molar-refractivity contribution in [2.75, 3.05) is 31.9 Å². The predicted molar refractivity (Wildman–Crippen MR) is 153 cm³/mol. The zero-order chi connectivity index (χ0) is 28.8. The Morgan fingerprint density at radius 1 is 1.10 bits per heavy atom. The molecule has 0 saturated carbocycles. The fourth-order valence-corrected chi connectivity index (χ4v) is 5.31. The number of piperazine rings is 1. The van der Waals surface area contributed by atoms with E-state index in [0.717, 1.165) is 33.4 Å². The molecule has 1 fully saturated rings. The van der Waals surface area contributed by atoms with Crippen molar-refractivity contribution in [2.24, 2.45) is 7.05 Å². The van der Waals surface area contributed by atoms with Crippen LogP contribution in [0.3, 0.4) is 0 Å². The monoisotopic (exact) mass is 547 g/mol. The number of nitrogens with zero attached hydrogens (tertiary/aromatic N) is 7. The average molecular weight is 548 g/mol. The molecule has 1 aromatic carbocycles. The van der Waals surface area contributed by atoms with Gasteiger partial charge in [0.15, 0.2) is 12.6 Å². The van der Waals surface area contributed by atoms with Gasteiger partial charge in [-0.3, -0.25) is 9.58 Å². The second kappa shape index (κ2) is 10.5. The smallest absolute Gasteiger partial charge is 0.410 e. The molecule has 0 aliphatic carbocycles. The molecule has 11 nitrogen and oxygen atoms in total. The van der Waals surface area contributed by atoms with Gasteiger partial charge in [0.1, 0.15) is 22.7 Å². The highest BCUT2D eigenvalue weighted by atomic mass is 16.7. The Kier molecular flexibility index (Phi) is 7.26. The van der Waals surface area contributed by atoms with Crippen molar-refractivity contribution in [1.29, 1.82) is 0 Å². The summed E-state index contributed by atoms with van der Waals surface area (Å²) < 4.78 is 18.6. The number of aryl methyl sites for hydroxylation is 2. The number of pyridine rings is 1. The third kappa shape index (κ3) is 5.38. The van der Waals surface area contributed by atoms with E-state index in [0.29, 0.717) is 30.2 Å². The number of ether oxygens (including phenoxy) is 3. The zero-order valence-electron chi connectivity index (χ0n) is 24.4. The van der Waals surface area contributed by atoms with Gasteiger partial charge in [0, 0.05) is 44.4 Å². The highest BCUT2D eigenvalue weighted by molar-refractivity contribution is 5.91. The molecule has 0 N–H and O–H groups in total. The minimum atomic E-state index is -0.536. The van der Waals surface area contributed by atoms with E-state index in [1.54, 1.807) is 18.0 Å². The number of rotatable bonds is 5. The highest BCUT2D eigenvalue weighted by Gasteiger charge is 2.36. The topological polar surface area (TPSA) is 108 Å². The van der Waals surface area contributed by atoms with Gasteiger partial charge in [0.05, 0.1) is 34.9 Å². The van der Waals surface area contributed by atoms with Crippen molar-refractivity contribution in [2.45, 2.75) is 59.2 Å². The molecule has 1 aliphatic heterocycles. The van der Waals surface area contributed by atoms with Crippen molar-refractivity contribution in [3.8, 4) is 17.1 Å². The zero-order valence-corrected chi connectivity index (χ0v) is 24.4. The highest BCUT2D eigenvalue weighted by Crippen LogP contribution is 2.37. The summed E-state index contributed by atoms with van der Waals surface area (Å²) in [7, 11) is 3.48. The van der Waals surface area contributed by atoms with Crippen molar-refractivity contribution in [3.63, 3.8) is 0 Å². The molecule has 1 saturated heterocycles. The van der Waals surface area contributed by atoms with Crippen LogP contribution in [0.4, 0.5) is 10.6 Å². The Morgan fingerprint density at radius 3 is 2.50 bits per heavy atom. The maximum absolute atomic E-state index is 12.8. The molecule has 0 bridgehead atoms. The minimum absolute atomic E-state index is 0.0362. The summed E-state index contributed by atoms with van der Waals surface area (Å²) in [6, 6.07) is 5.86. The summed E-state index contributed by atoms with van der Waals surface area (Å²) in [5.41, 5.74) is 3.40. The first-order chi connectivity index (χ1) is 18.9. The van der Waals surface area contributed by atoms with E-state index in [1.165, 1.54) is 0 Å². The molecule has 4 heterocycles. The van der Waals surface area contributed by atoms with Crippen molar-refractivity contribution < 1.29 is 19.0 Å². The van der Waals surface area contributed by atoms with E-state index in [2.05, 4.69) is 15.0 Å². The molecule has 0 spiro atoms. The average Bonchev–Trinajstić information content (AvgIpc) is 3.26. The number of hydrogen-bond donors (Lipinski definition) is 0. The molecule has 1 amide bonds. The summed E-state index contributed by atoms with van der Waals surface area (Å²) in [5.74, 6) is 2.00. The van der Waals surface area contributed by atoms with Crippen molar-refractivity contribution in [3.05, 3.63) is 36.2 Å². The van der Waals surface area contributed by atoms with Gasteiger partial charge < -0.3 is 19.1 Å². The lowest BCUT2D eigenvalue weighted by Crippen LogP contribution is -2.59. The second-order valence-electron chi connectivity index (χ2n) is 11.4. The second-order valence-corrected chi connectivity index (χ2v) is 11.4. The third-order valence-corrected chi connectivity index (χ3v) is 6.93. The van der Waals surface area contributed by atoms with Crippen molar-refractivity contribution in [1.82, 2.24) is 29.6 Å². The molecule has 5 rings (SSSR count). The third-order valence-electron chi connectivity index (χ3n) is 6.93. The maximum atomic E-state index is 12.8. The van der Waals surface area contributed by atoms with Crippen molar-refractivity contribution >= 4 is 33.8 Å². The van der Waals surface area contributed by atoms with Crippen LogP contribution in [0.5, 0.6) is 5.75 Å². The normalized spacial score (nSPS) is 18.0. The first kappa shape index (κ1) is 27.6. The number of fused-ring (bicyclic) bond motifs is 2. The van der Waals surface area contributed by atoms with Crippen LogP contribution in [0.1, 0.15) is 40.2 Å². The molecular weight excluding hydrogens is 510 g/mol. The molecule has 11 heteroatoms. The molecular formula is C29H37N7O4. The van der Waals surface area contributed by atoms with Gasteiger partial charge >= 0.3 is 6.09 Å². The molecule has 0 unspecified atom stereocenters. The number of aromatic nitrogens is 5. The number of benzene rings is 1. The molecule has 212 valence electrons. The molecule has 0 radical (unpaired) electrons. The van der Waals surface area contributed by atoms with E-state index < -0.39 is 5.60 Å². The Labute approximate surface area is 234 Å². The minimum Gasteiger partial charge on any atom is -0.466 e. The number of methoxy groups -OCH3 is 1. The summed E-state index contributed by atoms with van der Waals surface area (Å²) in [6.45, 7) is 13.1. The van der Waals surface area contributed by atoms with Gasteiger partial charge in [-0.1, -0.05) is 0 Å². The van der Waals surface area contributed by atoms with Crippen LogP contribution in [-0.4, -0.2) is 80.4 Å². The number of anilines is 1. The largest absolute Gasteiger partial charge is 0.466 e. The van der Waals surface area contributed by atoms with Crippen LogP contribution in [0.2, 0.25) is 0 Å². The van der Waals surface area contributed by atoms with Crippen LogP contribution in [0.15, 0.2) is 30.6 Å². The quantitative estimate of drug-likeness (QED) is 0.328. The van der Waals surface area contributed by atoms with E-state index in [4.69, 9.17) is 24.2 Å². The molecule has 3 aromatic heterocycles. The molecule has 40 heavy (non-hydrogen) atoms. The lowest BCUT2D eigenvalue weighted by atomic mass is 10.0.